The molecule has 1 rings (SSSR count). The summed E-state index contributed by atoms with van der Waals surface area (Å²) in [5.74, 6) is 0. The molecule has 1 heterocycles. The van der Waals surface area contributed by atoms with Crippen LogP contribution in [0.4, 0.5) is 0 Å². The zero-order valence-corrected chi connectivity index (χ0v) is 7.16. The van der Waals surface area contributed by atoms with Crippen molar-refractivity contribution in [1.29, 1.82) is 5.53 Å². The van der Waals surface area contributed by atoms with E-state index in [1.165, 1.54) is 5.01 Å². The molecule has 0 aromatic heterocycles. The maximum absolute atomic E-state index is 10.5. The van der Waals surface area contributed by atoms with Gasteiger partial charge >= 0.3 is 0 Å². The second-order valence-corrected chi connectivity index (χ2v) is 2.48. The summed E-state index contributed by atoms with van der Waals surface area (Å²) >= 11 is 5.30. The van der Waals surface area contributed by atoms with Crippen LogP contribution in [0.3, 0.4) is 0 Å². The summed E-state index contributed by atoms with van der Waals surface area (Å²) in [6, 6.07) is 0.0232. The first-order chi connectivity index (χ1) is 5.74. The van der Waals surface area contributed by atoms with Crippen LogP contribution in [0.25, 0.3) is 0 Å². The van der Waals surface area contributed by atoms with Gasteiger partial charge in [-0.05, 0) is 5.53 Å². The van der Waals surface area contributed by atoms with Crippen LogP contribution in [0.15, 0.2) is 0 Å². The van der Waals surface area contributed by atoms with E-state index in [4.69, 9.17) is 26.6 Å². The molecular weight excluding hydrogens is 186 g/mol. The SMILES string of the molecule is N=[N+]([O-])N1CCOC(OCCl)C1. The molecule has 6 nitrogen and oxygen atoms in total. The number of alkyl halides is 1. The van der Waals surface area contributed by atoms with E-state index in [1.54, 1.807) is 0 Å². The second-order valence-electron chi connectivity index (χ2n) is 2.26. The highest BCUT2D eigenvalue weighted by atomic mass is 35.5. The van der Waals surface area contributed by atoms with E-state index in [2.05, 4.69) is 0 Å². The Kier molecular flexibility index (Phi) is 3.51. The highest BCUT2D eigenvalue weighted by molar-refractivity contribution is 6.17. The third-order valence-electron chi connectivity index (χ3n) is 1.52. The maximum atomic E-state index is 10.5. The fraction of sp³-hybridized carbons (Fsp3) is 1.00. The van der Waals surface area contributed by atoms with E-state index in [0.29, 0.717) is 13.2 Å². The fourth-order valence-corrected chi connectivity index (χ4v) is 1.08. The average molecular weight is 196 g/mol. The third-order valence-corrected chi connectivity index (χ3v) is 1.64. The van der Waals surface area contributed by atoms with Crippen LogP contribution in [0.5, 0.6) is 0 Å². The first kappa shape index (κ1) is 9.50. The van der Waals surface area contributed by atoms with Crippen molar-refractivity contribution < 1.29 is 14.4 Å². The lowest BCUT2D eigenvalue weighted by Crippen LogP contribution is -2.46. The largest absolute Gasteiger partial charge is 0.572 e. The summed E-state index contributed by atoms with van der Waals surface area (Å²) in [6.45, 7) is 1.04. The molecule has 0 spiro atoms. The molecule has 0 radical (unpaired) electrons. The van der Waals surface area contributed by atoms with E-state index in [9.17, 15) is 5.21 Å². The van der Waals surface area contributed by atoms with Gasteiger partial charge in [-0.25, -0.2) is 0 Å². The second kappa shape index (κ2) is 4.44. The quantitative estimate of drug-likeness (QED) is 0.305. The Labute approximate surface area is 74.6 Å². The topological polar surface area (TPSA) is 71.6 Å². The van der Waals surface area contributed by atoms with E-state index < -0.39 is 6.29 Å². The van der Waals surface area contributed by atoms with Gasteiger partial charge in [-0.15, -0.1) is 5.01 Å². The Morgan fingerprint density at radius 3 is 3.17 bits per heavy atom. The van der Waals surface area contributed by atoms with Crippen molar-refractivity contribution in [3.8, 4) is 0 Å². The highest BCUT2D eigenvalue weighted by Crippen LogP contribution is 2.06. The summed E-state index contributed by atoms with van der Waals surface area (Å²) in [4.78, 5) is 0.0348. The monoisotopic (exact) mass is 195 g/mol. The Morgan fingerprint density at radius 1 is 1.83 bits per heavy atom. The van der Waals surface area contributed by atoms with Crippen molar-refractivity contribution in [2.45, 2.75) is 6.29 Å². The van der Waals surface area contributed by atoms with Gasteiger partial charge in [0.15, 0.2) is 6.29 Å². The fourth-order valence-electron chi connectivity index (χ4n) is 0.942. The molecule has 7 heteroatoms. The van der Waals surface area contributed by atoms with Gasteiger partial charge in [0.2, 0.25) is 0 Å². The van der Waals surface area contributed by atoms with E-state index in [1.807, 2.05) is 0 Å². The van der Waals surface area contributed by atoms with Crippen LogP contribution in [-0.2, 0) is 9.47 Å². The minimum Gasteiger partial charge on any atom is -0.572 e. The number of halogens is 1. The summed E-state index contributed by atoms with van der Waals surface area (Å²) in [5, 5.41) is 11.8. The van der Waals surface area contributed by atoms with Gasteiger partial charge in [-0.3, -0.25) is 0 Å². The predicted octanol–water partition coefficient (Wildman–Crippen LogP) is 0.314. The number of hydrogen-bond acceptors (Lipinski definition) is 4. The minimum atomic E-state index is -0.502. The van der Waals surface area contributed by atoms with E-state index >= 15 is 0 Å². The number of nitrogens with zero attached hydrogens (tertiary/aromatic N) is 2. The molecular formula is C5H10ClN3O3. The Balaban J connectivity index is 2.35. The Morgan fingerprint density at radius 2 is 2.58 bits per heavy atom. The van der Waals surface area contributed by atoms with Crippen molar-refractivity contribution in [2.75, 3.05) is 25.8 Å². The Hall–Kier alpha value is -0.590. The van der Waals surface area contributed by atoms with Gasteiger partial charge in [0.1, 0.15) is 19.2 Å². The van der Waals surface area contributed by atoms with E-state index in [0.717, 1.165) is 0 Å². The van der Waals surface area contributed by atoms with Gasteiger partial charge in [-0.1, -0.05) is 11.6 Å². The molecule has 0 aliphatic carbocycles. The molecule has 0 amide bonds. The molecule has 1 saturated heterocycles. The molecule has 12 heavy (non-hydrogen) atoms. The molecule has 1 atom stereocenters. The van der Waals surface area contributed by atoms with Crippen molar-refractivity contribution in [2.24, 2.45) is 0 Å². The smallest absolute Gasteiger partial charge is 0.182 e. The van der Waals surface area contributed by atoms with Gasteiger partial charge in [-0.2, -0.15) is 0 Å². The molecule has 0 aromatic carbocycles. The number of nitrogens with one attached hydrogen (secondary N) is 1. The summed E-state index contributed by atoms with van der Waals surface area (Å²) in [5.41, 5.74) is 6.75. The molecule has 0 saturated carbocycles. The maximum Gasteiger partial charge on any atom is 0.182 e. The summed E-state index contributed by atoms with van der Waals surface area (Å²) in [7, 11) is 0. The minimum absolute atomic E-state index is 0.0232. The lowest BCUT2D eigenvalue weighted by atomic mass is 10.5. The number of hydrazine groups is 1. The summed E-state index contributed by atoms with van der Waals surface area (Å²) < 4.78 is 10.0. The van der Waals surface area contributed by atoms with Crippen LogP contribution in [0.2, 0.25) is 0 Å². The molecule has 1 unspecified atom stereocenters. The lowest BCUT2D eigenvalue weighted by Gasteiger charge is -2.28. The van der Waals surface area contributed by atoms with Crippen LogP contribution in [0, 0.1) is 10.7 Å². The van der Waals surface area contributed by atoms with Crippen LogP contribution in [0.1, 0.15) is 0 Å². The summed E-state index contributed by atoms with van der Waals surface area (Å²) in [6.07, 6.45) is -0.502. The first-order valence-electron chi connectivity index (χ1n) is 3.46. The van der Waals surface area contributed by atoms with Crippen LogP contribution in [-0.4, -0.2) is 42.0 Å². The molecule has 1 aliphatic rings. The van der Waals surface area contributed by atoms with Gasteiger partial charge in [0, 0.05) is 4.97 Å². The average Bonchev–Trinajstić information content (AvgIpc) is 2.05. The molecule has 0 aromatic rings. The first-order valence-corrected chi connectivity index (χ1v) is 4.00. The number of rotatable bonds is 3. The molecule has 0 bridgehead atoms. The zero-order chi connectivity index (χ0) is 8.97. The van der Waals surface area contributed by atoms with Gasteiger partial charge in [0.25, 0.3) is 0 Å². The number of morpholine rings is 1. The molecule has 70 valence electrons. The van der Waals surface area contributed by atoms with Crippen molar-refractivity contribution in [3.05, 3.63) is 5.21 Å². The molecule has 1 aliphatic heterocycles. The van der Waals surface area contributed by atoms with Crippen LogP contribution >= 0.6 is 11.6 Å². The molecule has 1 N–H and O–H groups in total. The third kappa shape index (κ3) is 2.47. The highest BCUT2D eigenvalue weighted by Gasteiger charge is 2.24. The number of hydrogen-bond donors (Lipinski definition) is 1. The standard InChI is InChI=1S/C5H10ClN3O3/c6-4-12-5-3-8(9(7)10)1-2-11-5/h5,7H,1-4H2. The van der Waals surface area contributed by atoms with Gasteiger partial charge < -0.3 is 14.7 Å². The lowest BCUT2D eigenvalue weighted by molar-refractivity contribution is -0.717. The normalized spacial score (nSPS) is 24.1. The van der Waals surface area contributed by atoms with Crippen molar-refractivity contribution in [1.82, 2.24) is 5.01 Å². The van der Waals surface area contributed by atoms with E-state index in [-0.39, 0.29) is 17.6 Å². The molecule has 1 fully saturated rings. The predicted molar refractivity (Wildman–Crippen MR) is 39.5 cm³/mol. The van der Waals surface area contributed by atoms with Gasteiger partial charge in [0.05, 0.1) is 6.61 Å². The zero-order valence-electron chi connectivity index (χ0n) is 6.40. The van der Waals surface area contributed by atoms with Crippen molar-refractivity contribution in [3.63, 3.8) is 0 Å². The van der Waals surface area contributed by atoms with Crippen LogP contribution < -0.4 is 0 Å². The number of ether oxygens (including phenoxy) is 2. The Bertz CT molecular complexity index is 166. The van der Waals surface area contributed by atoms with Crippen molar-refractivity contribution >= 4 is 11.6 Å².